The first kappa shape index (κ1) is 15.4. The zero-order valence-corrected chi connectivity index (χ0v) is 13.4. The number of carbonyl (C=O) groups is 1. The summed E-state index contributed by atoms with van der Waals surface area (Å²) in [7, 11) is 0. The first-order valence-electron chi connectivity index (χ1n) is 8.75. The van der Waals surface area contributed by atoms with Crippen LogP contribution in [0.5, 0.6) is 5.75 Å². The average molecular weight is 301 g/mol. The Kier molecular flexibility index (Phi) is 5.36. The Morgan fingerprint density at radius 3 is 2.68 bits per heavy atom. The standard InChI is InChI=1S/C19H27NO2/c21-15-20-11-5-8-17(13-20)12-18-9-3-4-10-19(18)22-14-16-6-1-2-7-16/h3-4,9-10,15-17H,1-2,5-8,11-14H2. The summed E-state index contributed by atoms with van der Waals surface area (Å²) in [6.07, 6.45) is 9.70. The molecule has 1 aliphatic carbocycles. The van der Waals surface area contributed by atoms with Crippen LogP contribution in [0, 0.1) is 11.8 Å². The Morgan fingerprint density at radius 2 is 1.86 bits per heavy atom. The van der Waals surface area contributed by atoms with Gasteiger partial charge in [0.15, 0.2) is 0 Å². The Hall–Kier alpha value is -1.51. The summed E-state index contributed by atoms with van der Waals surface area (Å²) in [5, 5.41) is 0. The topological polar surface area (TPSA) is 29.5 Å². The molecule has 0 radical (unpaired) electrons. The highest BCUT2D eigenvalue weighted by Gasteiger charge is 2.21. The molecule has 0 spiro atoms. The van der Waals surface area contributed by atoms with Gasteiger partial charge in [0, 0.05) is 13.1 Å². The lowest BCUT2D eigenvalue weighted by atomic mass is 9.91. The Labute approximate surface area is 133 Å². The average Bonchev–Trinajstić information content (AvgIpc) is 3.08. The molecular weight excluding hydrogens is 274 g/mol. The molecule has 3 heteroatoms. The van der Waals surface area contributed by atoms with Gasteiger partial charge in [-0.2, -0.15) is 0 Å². The number of para-hydroxylation sites is 1. The highest BCUT2D eigenvalue weighted by atomic mass is 16.5. The molecule has 1 saturated heterocycles. The van der Waals surface area contributed by atoms with Gasteiger partial charge in [-0.3, -0.25) is 4.79 Å². The second-order valence-electron chi connectivity index (χ2n) is 6.88. The minimum absolute atomic E-state index is 0.565. The van der Waals surface area contributed by atoms with E-state index in [1.165, 1.54) is 37.7 Å². The zero-order valence-electron chi connectivity index (χ0n) is 13.4. The third-order valence-corrected chi connectivity index (χ3v) is 5.13. The van der Waals surface area contributed by atoms with Gasteiger partial charge in [0.05, 0.1) is 6.61 Å². The molecule has 2 fully saturated rings. The molecule has 120 valence electrons. The Bertz CT molecular complexity index is 482. The summed E-state index contributed by atoms with van der Waals surface area (Å²) in [4.78, 5) is 12.9. The van der Waals surface area contributed by atoms with Gasteiger partial charge in [-0.1, -0.05) is 31.0 Å². The van der Waals surface area contributed by atoms with Crippen LogP contribution in [0.15, 0.2) is 24.3 Å². The number of ether oxygens (including phenoxy) is 1. The molecule has 0 aromatic heterocycles. The van der Waals surface area contributed by atoms with Crippen LogP contribution in [-0.4, -0.2) is 31.0 Å². The lowest BCUT2D eigenvalue weighted by Gasteiger charge is -2.30. The van der Waals surface area contributed by atoms with Crippen LogP contribution in [0.3, 0.4) is 0 Å². The third-order valence-electron chi connectivity index (χ3n) is 5.13. The largest absolute Gasteiger partial charge is 0.493 e. The fraction of sp³-hybridized carbons (Fsp3) is 0.632. The van der Waals surface area contributed by atoms with Crippen LogP contribution in [0.2, 0.25) is 0 Å². The van der Waals surface area contributed by atoms with Crippen molar-refractivity contribution in [1.29, 1.82) is 0 Å². The number of nitrogens with zero attached hydrogens (tertiary/aromatic N) is 1. The summed E-state index contributed by atoms with van der Waals surface area (Å²) in [6, 6.07) is 8.44. The number of hydrogen-bond donors (Lipinski definition) is 0. The molecule has 0 N–H and O–H groups in total. The monoisotopic (exact) mass is 301 g/mol. The molecule has 2 aliphatic rings. The molecule has 3 rings (SSSR count). The molecule has 1 aromatic rings. The second kappa shape index (κ2) is 7.66. The van der Waals surface area contributed by atoms with E-state index in [0.29, 0.717) is 5.92 Å². The number of amides is 1. The Balaban J connectivity index is 1.59. The predicted molar refractivity (Wildman–Crippen MR) is 88.0 cm³/mol. The number of likely N-dealkylation sites (tertiary alicyclic amines) is 1. The molecular formula is C19H27NO2. The quantitative estimate of drug-likeness (QED) is 0.750. The van der Waals surface area contributed by atoms with Crippen molar-refractivity contribution >= 4 is 6.41 Å². The van der Waals surface area contributed by atoms with Crippen LogP contribution < -0.4 is 4.74 Å². The van der Waals surface area contributed by atoms with Crippen LogP contribution in [0.25, 0.3) is 0 Å². The summed E-state index contributed by atoms with van der Waals surface area (Å²) in [6.45, 7) is 2.67. The number of rotatable bonds is 6. The summed E-state index contributed by atoms with van der Waals surface area (Å²) in [5.41, 5.74) is 1.30. The molecule has 1 atom stereocenters. The molecule has 3 nitrogen and oxygen atoms in total. The zero-order chi connectivity index (χ0) is 15.2. The van der Waals surface area contributed by atoms with E-state index in [4.69, 9.17) is 4.74 Å². The normalized spacial score (nSPS) is 22.7. The van der Waals surface area contributed by atoms with Crippen molar-refractivity contribution in [1.82, 2.24) is 4.90 Å². The van der Waals surface area contributed by atoms with E-state index in [0.717, 1.165) is 50.6 Å². The first-order chi connectivity index (χ1) is 10.8. The van der Waals surface area contributed by atoms with Crippen molar-refractivity contribution in [2.24, 2.45) is 11.8 Å². The van der Waals surface area contributed by atoms with Crippen LogP contribution in [0.1, 0.15) is 44.1 Å². The summed E-state index contributed by atoms with van der Waals surface area (Å²) >= 11 is 0. The van der Waals surface area contributed by atoms with E-state index < -0.39 is 0 Å². The Morgan fingerprint density at radius 1 is 1.09 bits per heavy atom. The van der Waals surface area contributed by atoms with E-state index in [1.807, 2.05) is 4.90 Å². The minimum Gasteiger partial charge on any atom is -0.493 e. The SMILES string of the molecule is O=CN1CCCC(Cc2ccccc2OCC2CCCC2)C1. The number of carbonyl (C=O) groups excluding carboxylic acids is 1. The van der Waals surface area contributed by atoms with Crippen LogP contribution in [-0.2, 0) is 11.2 Å². The van der Waals surface area contributed by atoms with Gasteiger partial charge in [-0.25, -0.2) is 0 Å². The van der Waals surface area contributed by atoms with E-state index in [2.05, 4.69) is 24.3 Å². The molecule has 1 amide bonds. The van der Waals surface area contributed by atoms with Gasteiger partial charge in [0.1, 0.15) is 5.75 Å². The van der Waals surface area contributed by atoms with Gasteiger partial charge >= 0.3 is 0 Å². The summed E-state index contributed by atoms with van der Waals surface area (Å²) < 4.78 is 6.13. The van der Waals surface area contributed by atoms with Crippen LogP contribution >= 0.6 is 0 Å². The molecule has 1 unspecified atom stereocenters. The van der Waals surface area contributed by atoms with Crippen LogP contribution in [0.4, 0.5) is 0 Å². The predicted octanol–water partition coefficient (Wildman–Crippen LogP) is 3.67. The molecule has 1 aromatic carbocycles. The number of hydrogen-bond acceptors (Lipinski definition) is 2. The van der Waals surface area contributed by atoms with Crippen molar-refractivity contribution in [2.75, 3.05) is 19.7 Å². The molecule has 1 aliphatic heterocycles. The van der Waals surface area contributed by atoms with E-state index in [-0.39, 0.29) is 0 Å². The molecule has 1 heterocycles. The third kappa shape index (κ3) is 4.02. The lowest BCUT2D eigenvalue weighted by molar-refractivity contribution is -0.119. The fourth-order valence-corrected chi connectivity index (χ4v) is 3.87. The van der Waals surface area contributed by atoms with E-state index in [9.17, 15) is 4.79 Å². The maximum Gasteiger partial charge on any atom is 0.209 e. The smallest absolute Gasteiger partial charge is 0.209 e. The molecule has 0 bridgehead atoms. The molecule has 22 heavy (non-hydrogen) atoms. The van der Waals surface area contributed by atoms with Crippen molar-refractivity contribution in [3.63, 3.8) is 0 Å². The highest BCUT2D eigenvalue weighted by Crippen LogP contribution is 2.29. The van der Waals surface area contributed by atoms with E-state index >= 15 is 0 Å². The van der Waals surface area contributed by atoms with Crippen molar-refractivity contribution in [3.05, 3.63) is 29.8 Å². The highest BCUT2D eigenvalue weighted by molar-refractivity contribution is 5.47. The van der Waals surface area contributed by atoms with Crippen molar-refractivity contribution in [2.45, 2.75) is 44.9 Å². The van der Waals surface area contributed by atoms with Gasteiger partial charge in [0.25, 0.3) is 0 Å². The maximum absolute atomic E-state index is 11.0. The fourth-order valence-electron chi connectivity index (χ4n) is 3.87. The van der Waals surface area contributed by atoms with E-state index in [1.54, 1.807) is 0 Å². The minimum atomic E-state index is 0.565. The van der Waals surface area contributed by atoms with Gasteiger partial charge in [0.2, 0.25) is 6.41 Å². The van der Waals surface area contributed by atoms with Gasteiger partial charge < -0.3 is 9.64 Å². The van der Waals surface area contributed by atoms with Crippen molar-refractivity contribution in [3.8, 4) is 5.75 Å². The molecule has 1 saturated carbocycles. The van der Waals surface area contributed by atoms with Crippen molar-refractivity contribution < 1.29 is 9.53 Å². The van der Waals surface area contributed by atoms with Gasteiger partial charge in [-0.05, 0) is 55.6 Å². The number of piperidine rings is 1. The first-order valence-corrected chi connectivity index (χ1v) is 8.75. The van der Waals surface area contributed by atoms with Gasteiger partial charge in [-0.15, -0.1) is 0 Å². The maximum atomic E-state index is 11.0. The summed E-state index contributed by atoms with van der Waals surface area (Å²) in [5.74, 6) is 2.36. The second-order valence-corrected chi connectivity index (χ2v) is 6.88. The number of benzene rings is 1. The lowest BCUT2D eigenvalue weighted by Crippen LogP contribution is -2.35.